The lowest BCUT2D eigenvalue weighted by Crippen LogP contribution is -2.14. The molecule has 0 N–H and O–H groups in total. The number of halogens is 1. The third-order valence-corrected chi connectivity index (χ3v) is 4.06. The first-order valence-electron chi connectivity index (χ1n) is 8.02. The van der Waals surface area contributed by atoms with Gasteiger partial charge in [0.1, 0.15) is 5.75 Å². The zero-order valence-electron chi connectivity index (χ0n) is 14.2. The van der Waals surface area contributed by atoms with Crippen LogP contribution in [0.1, 0.15) is 25.0 Å². The molecule has 132 valence electrons. The fourth-order valence-electron chi connectivity index (χ4n) is 2.18. The van der Waals surface area contributed by atoms with Crippen molar-refractivity contribution in [3.05, 3.63) is 69.8 Å². The molecule has 0 radical (unpaired) electrons. The summed E-state index contributed by atoms with van der Waals surface area (Å²) in [5.41, 5.74) is 1.68. The molecule has 0 spiro atoms. The maximum Gasteiger partial charge on any atom is 0.363 e. The molecule has 6 heteroatoms. The summed E-state index contributed by atoms with van der Waals surface area (Å²) in [7, 11) is 0. The molecular weight excluding hydrogens is 398 g/mol. The number of carbonyl (C=O) groups excluding carboxylic acids is 2. The van der Waals surface area contributed by atoms with Crippen molar-refractivity contribution in [2.24, 2.45) is 10.9 Å². The van der Waals surface area contributed by atoms with Crippen LogP contribution in [-0.2, 0) is 14.3 Å². The Morgan fingerprint density at radius 1 is 1.19 bits per heavy atom. The van der Waals surface area contributed by atoms with Gasteiger partial charge in [-0.2, -0.15) is 0 Å². The van der Waals surface area contributed by atoms with Gasteiger partial charge in [-0.15, -0.1) is 0 Å². The Balaban J connectivity index is 1.79. The molecule has 0 saturated heterocycles. The highest BCUT2D eigenvalue weighted by atomic mass is 79.9. The number of cyclic esters (lactones) is 1. The van der Waals surface area contributed by atoms with Crippen LogP contribution in [0.3, 0.4) is 0 Å². The zero-order valence-corrected chi connectivity index (χ0v) is 15.8. The first-order chi connectivity index (χ1) is 12.4. The number of esters is 2. The fraction of sp³-hybridized carbons (Fsp3) is 0.150. The molecule has 3 rings (SSSR count). The quantitative estimate of drug-likeness (QED) is 0.424. The van der Waals surface area contributed by atoms with Gasteiger partial charge < -0.3 is 9.47 Å². The lowest BCUT2D eigenvalue weighted by Gasteiger charge is -2.06. The first kappa shape index (κ1) is 18.1. The van der Waals surface area contributed by atoms with E-state index in [1.165, 1.54) is 0 Å². The Labute approximate surface area is 159 Å². The SMILES string of the molecule is CC(C)C(=O)Oc1ccc(/C=C2/N=C(c3cccc(Br)c3)OC2=O)cc1. The summed E-state index contributed by atoms with van der Waals surface area (Å²) < 4.78 is 11.3. The van der Waals surface area contributed by atoms with Crippen molar-refractivity contribution in [2.75, 3.05) is 0 Å². The van der Waals surface area contributed by atoms with Crippen molar-refractivity contribution in [3.63, 3.8) is 0 Å². The van der Waals surface area contributed by atoms with Crippen LogP contribution in [0.2, 0.25) is 0 Å². The van der Waals surface area contributed by atoms with Crippen LogP contribution >= 0.6 is 15.9 Å². The van der Waals surface area contributed by atoms with Crippen LogP contribution in [-0.4, -0.2) is 17.8 Å². The van der Waals surface area contributed by atoms with Gasteiger partial charge in [0, 0.05) is 10.0 Å². The van der Waals surface area contributed by atoms with Crippen LogP contribution in [0.15, 0.2) is 63.7 Å². The third-order valence-electron chi connectivity index (χ3n) is 3.57. The van der Waals surface area contributed by atoms with Gasteiger partial charge in [-0.25, -0.2) is 9.79 Å². The van der Waals surface area contributed by atoms with Gasteiger partial charge in [0.2, 0.25) is 5.90 Å². The van der Waals surface area contributed by atoms with Crippen molar-refractivity contribution in [2.45, 2.75) is 13.8 Å². The monoisotopic (exact) mass is 413 g/mol. The summed E-state index contributed by atoms with van der Waals surface area (Å²) >= 11 is 3.38. The molecule has 0 amide bonds. The molecule has 0 fully saturated rings. The average molecular weight is 414 g/mol. The minimum Gasteiger partial charge on any atom is -0.426 e. The Morgan fingerprint density at radius 2 is 1.92 bits per heavy atom. The lowest BCUT2D eigenvalue weighted by atomic mass is 10.2. The molecule has 0 unspecified atom stereocenters. The van der Waals surface area contributed by atoms with E-state index in [1.54, 1.807) is 44.2 Å². The topological polar surface area (TPSA) is 65.0 Å². The summed E-state index contributed by atoms with van der Waals surface area (Å²) in [6.45, 7) is 3.54. The smallest absolute Gasteiger partial charge is 0.363 e. The molecule has 5 nitrogen and oxygen atoms in total. The number of rotatable bonds is 4. The summed E-state index contributed by atoms with van der Waals surface area (Å²) in [6.07, 6.45) is 1.63. The maximum atomic E-state index is 12.0. The summed E-state index contributed by atoms with van der Waals surface area (Å²) in [5.74, 6) is -0.270. The van der Waals surface area contributed by atoms with E-state index in [-0.39, 0.29) is 23.5 Å². The van der Waals surface area contributed by atoms with E-state index in [9.17, 15) is 9.59 Å². The highest BCUT2D eigenvalue weighted by Crippen LogP contribution is 2.22. The maximum absolute atomic E-state index is 12.0. The predicted octanol–water partition coefficient (Wildman–Crippen LogP) is 4.36. The van der Waals surface area contributed by atoms with E-state index >= 15 is 0 Å². The Morgan fingerprint density at radius 3 is 2.58 bits per heavy atom. The normalized spacial score (nSPS) is 15.2. The van der Waals surface area contributed by atoms with Crippen molar-refractivity contribution in [1.29, 1.82) is 0 Å². The van der Waals surface area contributed by atoms with Crippen molar-refractivity contribution in [3.8, 4) is 5.75 Å². The number of hydrogen-bond donors (Lipinski definition) is 0. The second kappa shape index (κ2) is 7.66. The summed E-state index contributed by atoms with van der Waals surface area (Å²) in [4.78, 5) is 27.9. The molecule has 1 heterocycles. The molecule has 0 aromatic heterocycles. The van der Waals surface area contributed by atoms with Gasteiger partial charge in [0.25, 0.3) is 0 Å². The number of benzene rings is 2. The molecule has 1 aliphatic rings. The van der Waals surface area contributed by atoms with Gasteiger partial charge in [-0.1, -0.05) is 48.0 Å². The minimum atomic E-state index is -0.504. The average Bonchev–Trinajstić information content (AvgIpc) is 2.97. The Kier molecular flexibility index (Phi) is 5.32. The molecule has 0 bridgehead atoms. The molecule has 1 aliphatic heterocycles. The predicted molar refractivity (Wildman–Crippen MR) is 102 cm³/mol. The molecular formula is C20H16BrNO4. The Bertz CT molecular complexity index is 914. The van der Waals surface area contributed by atoms with Crippen LogP contribution in [0.25, 0.3) is 6.08 Å². The molecule has 26 heavy (non-hydrogen) atoms. The number of carbonyl (C=O) groups is 2. The van der Waals surface area contributed by atoms with E-state index in [0.717, 1.165) is 10.0 Å². The largest absolute Gasteiger partial charge is 0.426 e. The highest BCUT2D eigenvalue weighted by Gasteiger charge is 2.24. The van der Waals surface area contributed by atoms with Crippen LogP contribution in [0.5, 0.6) is 5.75 Å². The van der Waals surface area contributed by atoms with Gasteiger partial charge in [-0.05, 0) is 42.0 Å². The Hall–Kier alpha value is -2.73. The number of ether oxygens (including phenoxy) is 2. The molecule has 0 saturated carbocycles. The zero-order chi connectivity index (χ0) is 18.7. The van der Waals surface area contributed by atoms with Crippen LogP contribution in [0.4, 0.5) is 0 Å². The van der Waals surface area contributed by atoms with Gasteiger partial charge >= 0.3 is 11.9 Å². The number of aliphatic imine (C=N–C) groups is 1. The van der Waals surface area contributed by atoms with Crippen molar-refractivity contribution < 1.29 is 19.1 Å². The van der Waals surface area contributed by atoms with E-state index in [4.69, 9.17) is 9.47 Å². The first-order valence-corrected chi connectivity index (χ1v) is 8.82. The lowest BCUT2D eigenvalue weighted by molar-refractivity contribution is -0.137. The highest BCUT2D eigenvalue weighted by molar-refractivity contribution is 9.10. The van der Waals surface area contributed by atoms with Crippen molar-refractivity contribution >= 4 is 39.8 Å². The fourth-order valence-corrected chi connectivity index (χ4v) is 2.58. The second-order valence-corrected chi connectivity index (χ2v) is 6.91. The summed E-state index contributed by atoms with van der Waals surface area (Å²) in [5, 5.41) is 0. The van der Waals surface area contributed by atoms with Crippen molar-refractivity contribution in [1.82, 2.24) is 0 Å². The van der Waals surface area contributed by atoms with Crippen LogP contribution < -0.4 is 4.74 Å². The molecule has 2 aromatic rings. The number of hydrogen-bond acceptors (Lipinski definition) is 5. The van der Waals surface area contributed by atoms with E-state index in [2.05, 4.69) is 20.9 Å². The number of nitrogens with zero attached hydrogens (tertiary/aromatic N) is 1. The van der Waals surface area contributed by atoms with E-state index in [1.807, 2.05) is 24.3 Å². The van der Waals surface area contributed by atoms with E-state index < -0.39 is 5.97 Å². The molecule has 2 aromatic carbocycles. The molecule has 0 atom stereocenters. The third kappa shape index (κ3) is 4.26. The van der Waals surface area contributed by atoms with Gasteiger partial charge in [-0.3, -0.25) is 4.79 Å². The van der Waals surface area contributed by atoms with E-state index in [0.29, 0.717) is 11.3 Å². The molecule has 0 aliphatic carbocycles. The van der Waals surface area contributed by atoms with Crippen LogP contribution in [0, 0.1) is 5.92 Å². The minimum absolute atomic E-state index is 0.198. The standard InChI is InChI=1S/C20H16BrNO4/c1-12(2)19(23)25-16-8-6-13(7-9-16)10-17-20(24)26-18(22-17)14-4-3-5-15(21)11-14/h3-12H,1-2H3/b17-10+. The van der Waals surface area contributed by atoms with Gasteiger partial charge in [0.15, 0.2) is 5.70 Å². The summed E-state index contributed by atoms with van der Waals surface area (Å²) in [6, 6.07) is 14.2. The van der Waals surface area contributed by atoms with Gasteiger partial charge in [0.05, 0.1) is 5.92 Å². The second-order valence-electron chi connectivity index (χ2n) is 5.99.